The first-order valence-electron chi connectivity index (χ1n) is 9.38. The van der Waals surface area contributed by atoms with E-state index in [4.69, 9.17) is 9.72 Å². The Hall–Kier alpha value is -2.19. The third kappa shape index (κ3) is 3.39. The number of hydrogen-bond acceptors (Lipinski definition) is 6. The molecule has 0 spiro atoms. The van der Waals surface area contributed by atoms with Gasteiger partial charge in [-0.1, -0.05) is 0 Å². The fourth-order valence-electron chi connectivity index (χ4n) is 3.95. The molecule has 8 heteroatoms. The molecule has 4 rings (SSSR count). The fourth-order valence-corrected chi connectivity index (χ4v) is 3.95. The quantitative estimate of drug-likeness (QED) is 0.740. The van der Waals surface area contributed by atoms with E-state index in [1.165, 1.54) is 0 Å². The second-order valence-electron chi connectivity index (χ2n) is 7.08. The first-order valence-corrected chi connectivity index (χ1v) is 9.38. The zero-order chi connectivity index (χ0) is 17.9. The standard InChI is InChI=1S/C18H26N6O2/c1-26-11-13-3-2-10-24(13)15-5-4-14-16(22-23-17(14)21-15)18(25)20-12-6-8-19-9-7-12/h4-5,12-13,19H,2-3,6-11H2,1H3,(H,20,25)(H,21,22,23)/t13-/m1/s1. The van der Waals surface area contributed by atoms with E-state index in [2.05, 4.69) is 25.7 Å². The van der Waals surface area contributed by atoms with E-state index < -0.39 is 0 Å². The van der Waals surface area contributed by atoms with E-state index in [-0.39, 0.29) is 11.9 Å². The zero-order valence-electron chi connectivity index (χ0n) is 15.1. The molecular formula is C18H26N6O2. The monoisotopic (exact) mass is 358 g/mol. The first-order chi connectivity index (χ1) is 12.8. The van der Waals surface area contributed by atoms with Crippen molar-refractivity contribution in [3.8, 4) is 0 Å². The lowest BCUT2D eigenvalue weighted by molar-refractivity contribution is 0.0926. The van der Waals surface area contributed by atoms with Crippen LogP contribution in [0.4, 0.5) is 5.82 Å². The average Bonchev–Trinajstić information content (AvgIpc) is 3.29. The summed E-state index contributed by atoms with van der Waals surface area (Å²) in [6.45, 7) is 3.56. The van der Waals surface area contributed by atoms with E-state index in [1.54, 1.807) is 7.11 Å². The molecule has 0 bridgehead atoms. The lowest BCUT2D eigenvalue weighted by Gasteiger charge is -2.25. The van der Waals surface area contributed by atoms with Gasteiger partial charge in [-0.05, 0) is 50.9 Å². The van der Waals surface area contributed by atoms with Crippen molar-refractivity contribution in [3.05, 3.63) is 17.8 Å². The number of carbonyl (C=O) groups is 1. The number of aromatic nitrogens is 3. The molecule has 3 N–H and O–H groups in total. The molecule has 0 radical (unpaired) electrons. The number of amides is 1. The number of methoxy groups -OCH3 is 1. The van der Waals surface area contributed by atoms with Crippen LogP contribution in [0.25, 0.3) is 11.0 Å². The SMILES string of the molecule is COC[C@H]1CCCN1c1ccc2c(C(=O)NC3CCNCC3)n[nH]c2n1. The van der Waals surface area contributed by atoms with E-state index in [0.29, 0.717) is 24.0 Å². The number of aromatic amines is 1. The van der Waals surface area contributed by atoms with Gasteiger partial charge in [0.1, 0.15) is 5.82 Å². The lowest BCUT2D eigenvalue weighted by atomic mass is 10.1. The molecule has 1 atom stereocenters. The van der Waals surface area contributed by atoms with Crippen LogP contribution in [-0.2, 0) is 4.74 Å². The number of fused-ring (bicyclic) bond motifs is 1. The van der Waals surface area contributed by atoms with Gasteiger partial charge in [-0.3, -0.25) is 9.89 Å². The molecule has 0 aromatic carbocycles. The highest BCUT2D eigenvalue weighted by Gasteiger charge is 2.26. The number of piperidine rings is 1. The number of ether oxygens (including phenoxy) is 1. The Labute approximate surface area is 152 Å². The Morgan fingerprint density at radius 3 is 3.00 bits per heavy atom. The molecule has 8 nitrogen and oxygen atoms in total. The summed E-state index contributed by atoms with van der Waals surface area (Å²) >= 11 is 0. The van der Waals surface area contributed by atoms with Crippen molar-refractivity contribution in [1.82, 2.24) is 25.8 Å². The Morgan fingerprint density at radius 1 is 1.35 bits per heavy atom. The fraction of sp³-hybridized carbons (Fsp3) is 0.611. The average molecular weight is 358 g/mol. The number of rotatable bonds is 5. The Balaban J connectivity index is 1.52. The topological polar surface area (TPSA) is 95.2 Å². The predicted molar refractivity (Wildman–Crippen MR) is 99.5 cm³/mol. The van der Waals surface area contributed by atoms with Crippen LogP contribution in [0.5, 0.6) is 0 Å². The molecular weight excluding hydrogens is 332 g/mol. The van der Waals surface area contributed by atoms with Crippen LogP contribution in [0.2, 0.25) is 0 Å². The van der Waals surface area contributed by atoms with Gasteiger partial charge in [0.15, 0.2) is 11.3 Å². The summed E-state index contributed by atoms with van der Waals surface area (Å²) in [5.41, 5.74) is 1.08. The van der Waals surface area contributed by atoms with Gasteiger partial charge in [0.2, 0.25) is 0 Å². The van der Waals surface area contributed by atoms with Gasteiger partial charge >= 0.3 is 0 Å². The van der Waals surface area contributed by atoms with Gasteiger partial charge in [-0.2, -0.15) is 5.10 Å². The minimum Gasteiger partial charge on any atom is -0.383 e. The van der Waals surface area contributed by atoms with Gasteiger partial charge in [0, 0.05) is 19.7 Å². The molecule has 2 aliphatic heterocycles. The molecule has 2 saturated heterocycles. The summed E-state index contributed by atoms with van der Waals surface area (Å²) < 4.78 is 5.33. The van der Waals surface area contributed by atoms with Crippen molar-refractivity contribution in [1.29, 1.82) is 0 Å². The highest BCUT2D eigenvalue weighted by Crippen LogP contribution is 2.26. The lowest BCUT2D eigenvalue weighted by Crippen LogP contribution is -2.42. The second-order valence-corrected chi connectivity index (χ2v) is 7.08. The second kappa shape index (κ2) is 7.59. The van der Waals surface area contributed by atoms with Crippen molar-refractivity contribution in [2.75, 3.05) is 38.3 Å². The summed E-state index contributed by atoms with van der Waals surface area (Å²) in [7, 11) is 1.73. The van der Waals surface area contributed by atoms with E-state index in [0.717, 1.165) is 56.5 Å². The van der Waals surface area contributed by atoms with Crippen LogP contribution >= 0.6 is 0 Å². The zero-order valence-corrected chi connectivity index (χ0v) is 15.1. The Bertz CT molecular complexity index is 770. The van der Waals surface area contributed by atoms with Gasteiger partial charge in [0.05, 0.1) is 18.0 Å². The maximum Gasteiger partial charge on any atom is 0.272 e. The summed E-state index contributed by atoms with van der Waals surface area (Å²) in [5.74, 6) is 0.780. The van der Waals surface area contributed by atoms with Crippen LogP contribution in [0.3, 0.4) is 0 Å². The largest absolute Gasteiger partial charge is 0.383 e. The molecule has 1 amide bonds. The number of nitrogens with one attached hydrogen (secondary N) is 3. The third-order valence-electron chi connectivity index (χ3n) is 5.33. The van der Waals surface area contributed by atoms with Crippen LogP contribution in [0.15, 0.2) is 12.1 Å². The smallest absolute Gasteiger partial charge is 0.272 e. The Morgan fingerprint density at radius 2 is 2.19 bits per heavy atom. The van der Waals surface area contributed by atoms with E-state index in [1.807, 2.05) is 12.1 Å². The number of nitrogens with zero attached hydrogens (tertiary/aromatic N) is 3. The van der Waals surface area contributed by atoms with Crippen LogP contribution in [-0.4, -0.2) is 66.5 Å². The normalized spacial score (nSPS) is 21.4. The summed E-state index contributed by atoms with van der Waals surface area (Å²) in [5, 5.41) is 14.3. The van der Waals surface area contributed by atoms with E-state index in [9.17, 15) is 4.79 Å². The minimum absolute atomic E-state index is 0.129. The molecule has 0 aliphatic carbocycles. The summed E-state index contributed by atoms with van der Waals surface area (Å²) in [4.78, 5) is 19.6. The molecule has 0 unspecified atom stereocenters. The van der Waals surface area contributed by atoms with Crippen LogP contribution in [0, 0.1) is 0 Å². The van der Waals surface area contributed by atoms with Crippen molar-refractivity contribution in [2.24, 2.45) is 0 Å². The molecule has 2 aromatic heterocycles. The molecule has 26 heavy (non-hydrogen) atoms. The summed E-state index contributed by atoms with van der Waals surface area (Å²) in [6.07, 6.45) is 4.15. The van der Waals surface area contributed by atoms with Crippen molar-refractivity contribution in [3.63, 3.8) is 0 Å². The summed E-state index contributed by atoms with van der Waals surface area (Å²) in [6, 6.07) is 4.49. The van der Waals surface area contributed by atoms with Gasteiger partial charge in [-0.15, -0.1) is 0 Å². The molecule has 2 fully saturated rings. The molecule has 0 saturated carbocycles. The number of carbonyl (C=O) groups excluding carboxylic acids is 1. The highest BCUT2D eigenvalue weighted by atomic mass is 16.5. The maximum absolute atomic E-state index is 12.6. The number of H-pyrrole nitrogens is 1. The molecule has 2 aromatic rings. The van der Waals surface area contributed by atoms with Gasteiger partial charge in [0.25, 0.3) is 5.91 Å². The van der Waals surface area contributed by atoms with Crippen molar-refractivity contribution < 1.29 is 9.53 Å². The van der Waals surface area contributed by atoms with Crippen molar-refractivity contribution in [2.45, 2.75) is 37.8 Å². The maximum atomic E-state index is 12.6. The van der Waals surface area contributed by atoms with E-state index >= 15 is 0 Å². The number of hydrogen-bond donors (Lipinski definition) is 3. The van der Waals surface area contributed by atoms with Crippen molar-refractivity contribution >= 4 is 22.8 Å². The first kappa shape index (κ1) is 17.2. The number of pyridine rings is 1. The number of anilines is 1. The highest BCUT2D eigenvalue weighted by molar-refractivity contribution is 6.04. The van der Waals surface area contributed by atoms with Crippen LogP contribution < -0.4 is 15.5 Å². The van der Waals surface area contributed by atoms with Crippen LogP contribution in [0.1, 0.15) is 36.2 Å². The van der Waals surface area contributed by atoms with Gasteiger partial charge < -0.3 is 20.3 Å². The molecule has 2 aliphatic rings. The Kier molecular flexibility index (Phi) is 5.03. The van der Waals surface area contributed by atoms with Gasteiger partial charge in [-0.25, -0.2) is 4.98 Å². The minimum atomic E-state index is -0.129. The molecule has 4 heterocycles. The molecule has 140 valence electrons. The third-order valence-corrected chi connectivity index (χ3v) is 5.33. The predicted octanol–water partition coefficient (Wildman–Crippen LogP) is 1.05.